The molecule has 5 heteroatoms. The molecule has 9 rings (SSSR count). The molecule has 4 nitrogen and oxygen atoms in total. The first-order valence-corrected chi connectivity index (χ1v) is 16.3. The van der Waals surface area contributed by atoms with E-state index in [-0.39, 0.29) is 6.71 Å². The molecule has 0 saturated carbocycles. The Labute approximate surface area is 281 Å². The van der Waals surface area contributed by atoms with Gasteiger partial charge >= 0.3 is 0 Å². The Morgan fingerprint density at radius 2 is 0.729 bits per heavy atom. The van der Waals surface area contributed by atoms with Crippen LogP contribution >= 0.6 is 0 Å². The maximum atomic E-state index is 6.75. The zero-order valence-corrected chi connectivity index (χ0v) is 26.5. The average Bonchev–Trinajstić information content (AvgIpc) is 3.13. The van der Waals surface area contributed by atoms with Crippen LogP contribution in [-0.2, 0) is 0 Å². The molecule has 7 aromatic rings. The number of rotatable bonds is 6. The summed E-state index contributed by atoms with van der Waals surface area (Å²) >= 11 is 0. The first-order chi connectivity index (χ1) is 23.7. The van der Waals surface area contributed by atoms with Crippen LogP contribution in [0.3, 0.4) is 0 Å². The molecular weight excluding hydrogens is 587 g/mol. The van der Waals surface area contributed by atoms with E-state index in [9.17, 15) is 0 Å². The number of para-hydroxylation sites is 4. The fourth-order valence-corrected chi connectivity index (χ4v) is 7.08. The van der Waals surface area contributed by atoms with Crippen LogP contribution in [0.25, 0.3) is 0 Å². The van der Waals surface area contributed by atoms with Crippen LogP contribution in [0.5, 0.6) is 23.0 Å². The fourth-order valence-electron chi connectivity index (χ4n) is 7.08. The van der Waals surface area contributed by atoms with E-state index in [4.69, 9.17) is 9.47 Å². The number of nitrogens with zero attached hydrogens (tertiary/aromatic N) is 2. The second kappa shape index (κ2) is 11.6. The third-order valence-corrected chi connectivity index (χ3v) is 9.17. The molecule has 0 N–H and O–H groups in total. The van der Waals surface area contributed by atoms with Crippen molar-refractivity contribution in [1.82, 2.24) is 0 Å². The third kappa shape index (κ3) is 4.80. The highest BCUT2D eigenvalue weighted by molar-refractivity contribution is 6.98. The van der Waals surface area contributed by atoms with Gasteiger partial charge in [0.2, 0.25) is 0 Å². The topological polar surface area (TPSA) is 24.9 Å². The summed E-state index contributed by atoms with van der Waals surface area (Å²) in [5.41, 5.74) is 10.8. The van der Waals surface area contributed by atoms with Crippen LogP contribution < -0.4 is 35.7 Å². The van der Waals surface area contributed by atoms with Gasteiger partial charge in [-0.05, 0) is 96.2 Å². The zero-order valence-electron chi connectivity index (χ0n) is 26.5. The van der Waals surface area contributed by atoms with Crippen molar-refractivity contribution in [3.8, 4) is 23.0 Å². The van der Waals surface area contributed by atoms with Gasteiger partial charge in [0.1, 0.15) is 23.0 Å². The van der Waals surface area contributed by atoms with Gasteiger partial charge in [-0.1, -0.05) is 84.9 Å². The number of hydrogen-bond acceptors (Lipinski definition) is 4. The summed E-state index contributed by atoms with van der Waals surface area (Å²) in [6.45, 7) is 2.06. The molecule has 7 aromatic carbocycles. The van der Waals surface area contributed by atoms with E-state index in [0.29, 0.717) is 0 Å². The van der Waals surface area contributed by atoms with Gasteiger partial charge in [-0.2, -0.15) is 0 Å². The van der Waals surface area contributed by atoms with Gasteiger partial charge < -0.3 is 19.3 Å². The molecule has 0 fully saturated rings. The summed E-state index contributed by atoms with van der Waals surface area (Å²) < 4.78 is 13.5. The lowest BCUT2D eigenvalue weighted by atomic mass is 9.35. The Balaban J connectivity index is 1.18. The lowest BCUT2D eigenvalue weighted by molar-refractivity contribution is 0.464. The van der Waals surface area contributed by atoms with E-state index in [1.54, 1.807) is 0 Å². The van der Waals surface area contributed by atoms with Crippen molar-refractivity contribution >= 4 is 57.2 Å². The molecule has 0 radical (unpaired) electrons. The molecule has 0 unspecified atom stereocenters. The highest BCUT2D eigenvalue weighted by Crippen LogP contribution is 2.42. The van der Waals surface area contributed by atoms with E-state index in [2.05, 4.69) is 162 Å². The molecule has 48 heavy (non-hydrogen) atoms. The molecular formula is C43H31BN2O2. The lowest BCUT2D eigenvalue weighted by Gasteiger charge is -2.35. The Bertz CT molecular complexity index is 2020. The summed E-state index contributed by atoms with van der Waals surface area (Å²) in [4.78, 5) is 4.54. The molecule has 2 aliphatic rings. The number of benzene rings is 7. The molecule has 0 aliphatic carbocycles. The predicted molar refractivity (Wildman–Crippen MR) is 198 cm³/mol. The van der Waals surface area contributed by atoms with Gasteiger partial charge in [0.05, 0.1) is 0 Å². The van der Waals surface area contributed by atoms with Crippen molar-refractivity contribution in [2.75, 3.05) is 9.80 Å². The number of ether oxygens (including phenoxy) is 2. The van der Waals surface area contributed by atoms with Gasteiger partial charge in [-0.25, -0.2) is 0 Å². The molecule has 0 atom stereocenters. The monoisotopic (exact) mass is 618 g/mol. The SMILES string of the molecule is Cc1cc2c3c(c1)Oc1cc(N(c4ccccc4)c4ccccc4)ccc1B3c1ccc(N(c3ccccc3)c3ccccc3)cc1O2. The Hall–Kier alpha value is -6.20. The van der Waals surface area contributed by atoms with E-state index in [1.165, 1.54) is 0 Å². The minimum Gasteiger partial charge on any atom is -0.458 e. The highest BCUT2D eigenvalue weighted by Gasteiger charge is 2.40. The van der Waals surface area contributed by atoms with Crippen molar-refractivity contribution < 1.29 is 9.47 Å². The van der Waals surface area contributed by atoms with Crippen molar-refractivity contribution in [3.63, 3.8) is 0 Å². The summed E-state index contributed by atoms with van der Waals surface area (Å²) in [5.74, 6) is 3.39. The molecule has 0 amide bonds. The Morgan fingerprint density at radius 1 is 0.375 bits per heavy atom. The van der Waals surface area contributed by atoms with Gasteiger partial charge in [-0.15, -0.1) is 0 Å². The molecule has 0 aromatic heterocycles. The second-order valence-corrected chi connectivity index (χ2v) is 12.3. The van der Waals surface area contributed by atoms with Crippen LogP contribution in [0.4, 0.5) is 34.1 Å². The number of hydrogen-bond donors (Lipinski definition) is 0. The Morgan fingerprint density at radius 3 is 1.08 bits per heavy atom. The van der Waals surface area contributed by atoms with E-state index < -0.39 is 0 Å². The lowest BCUT2D eigenvalue weighted by Crippen LogP contribution is -2.57. The van der Waals surface area contributed by atoms with Gasteiger partial charge in [-0.3, -0.25) is 0 Å². The summed E-state index contributed by atoms with van der Waals surface area (Å²) in [5, 5.41) is 0. The largest absolute Gasteiger partial charge is 0.458 e. The smallest absolute Gasteiger partial charge is 0.260 e. The quantitative estimate of drug-likeness (QED) is 0.173. The Kier molecular flexibility index (Phi) is 6.75. The maximum Gasteiger partial charge on any atom is 0.260 e. The molecule has 0 spiro atoms. The summed E-state index contributed by atoms with van der Waals surface area (Å²) in [6, 6.07) is 59.4. The van der Waals surface area contributed by atoms with E-state index in [1.807, 2.05) is 24.3 Å². The normalized spacial score (nSPS) is 12.1. The van der Waals surface area contributed by atoms with Crippen LogP contribution in [0.15, 0.2) is 170 Å². The fraction of sp³-hybridized carbons (Fsp3) is 0.0233. The molecule has 0 bridgehead atoms. The average molecular weight is 619 g/mol. The number of aryl methyl sites for hydroxylation is 1. The second-order valence-electron chi connectivity index (χ2n) is 12.3. The van der Waals surface area contributed by atoms with Crippen LogP contribution in [-0.4, -0.2) is 6.71 Å². The van der Waals surface area contributed by atoms with Crippen LogP contribution in [0, 0.1) is 6.92 Å². The van der Waals surface area contributed by atoms with Gasteiger partial charge in [0.25, 0.3) is 6.71 Å². The third-order valence-electron chi connectivity index (χ3n) is 9.17. The number of anilines is 6. The van der Waals surface area contributed by atoms with Crippen LogP contribution in [0.2, 0.25) is 0 Å². The first kappa shape index (κ1) is 28.1. The zero-order chi connectivity index (χ0) is 32.0. The van der Waals surface area contributed by atoms with Gasteiger partial charge in [0, 0.05) is 51.7 Å². The maximum absolute atomic E-state index is 6.75. The summed E-state index contributed by atoms with van der Waals surface area (Å²) in [7, 11) is 0. The first-order valence-electron chi connectivity index (χ1n) is 16.3. The van der Waals surface area contributed by atoms with Crippen molar-refractivity contribution in [1.29, 1.82) is 0 Å². The molecule has 228 valence electrons. The van der Waals surface area contributed by atoms with Crippen molar-refractivity contribution in [3.05, 3.63) is 175 Å². The summed E-state index contributed by atoms with van der Waals surface area (Å²) in [6.07, 6.45) is 0. The minimum absolute atomic E-state index is 0.0324. The predicted octanol–water partition coefficient (Wildman–Crippen LogP) is 9.66. The van der Waals surface area contributed by atoms with Crippen LogP contribution in [0.1, 0.15) is 5.56 Å². The minimum atomic E-state index is -0.0324. The molecule has 0 saturated heterocycles. The molecule has 2 heterocycles. The standard InChI is InChI=1S/C43H31BN2O2/c1-30-26-41-43-42(27-30)48-40-29-36(46(33-18-10-4-11-19-33)34-20-12-5-13-21-34)23-25-38(40)44(43)37-24-22-35(28-39(37)47-41)45(31-14-6-2-7-15-31)32-16-8-3-9-17-32/h2-29H,1H3. The van der Waals surface area contributed by atoms with Crippen molar-refractivity contribution in [2.45, 2.75) is 6.92 Å². The van der Waals surface area contributed by atoms with E-state index >= 15 is 0 Å². The highest BCUT2D eigenvalue weighted by atomic mass is 16.5. The van der Waals surface area contributed by atoms with Gasteiger partial charge in [0.15, 0.2) is 0 Å². The molecule has 2 aliphatic heterocycles. The number of fused-ring (bicyclic) bond motifs is 4. The van der Waals surface area contributed by atoms with E-state index in [0.717, 1.165) is 79.1 Å². The van der Waals surface area contributed by atoms with Crippen molar-refractivity contribution in [2.24, 2.45) is 0 Å².